The highest BCUT2D eigenvalue weighted by Gasteiger charge is 2.47. The molecule has 6 nitrogen and oxygen atoms in total. The number of carbonyl (C=O) groups excluding carboxylic acids is 1. The lowest BCUT2D eigenvalue weighted by atomic mass is 9.66. The molecule has 0 spiro atoms. The van der Waals surface area contributed by atoms with Crippen LogP contribution in [0.2, 0.25) is 36.3 Å². The lowest BCUT2D eigenvalue weighted by molar-refractivity contribution is -0.180. The summed E-state index contributed by atoms with van der Waals surface area (Å²) in [6.07, 6.45) is 6.16. The first-order valence-electron chi connectivity index (χ1n) is 19.6. The standard InChI is InChI=1S/C42H67F3O6Si2/c1-28-14-17-30-24-34(51-53(12,13)40(5,6)7)26-36(49-38(46)41(8,9)48-27-29-15-18-31(19-16-29)42(43,44)45)37(30)35(28)21-20-32-25-33(22-23-47-32)50-52(10,11)39(2,3)4/h14-19,24,28,32-37H,20-23,25-27H2,1-13H3/t28-,32+,33+,34+,35-,36-,37-/m0/s1. The van der Waals surface area contributed by atoms with E-state index in [0.717, 1.165) is 43.4 Å². The van der Waals surface area contributed by atoms with Gasteiger partial charge in [-0.1, -0.05) is 78.8 Å². The molecule has 1 fully saturated rings. The normalized spacial score (nSPS) is 27.6. The van der Waals surface area contributed by atoms with Crippen molar-refractivity contribution in [1.82, 2.24) is 0 Å². The zero-order valence-corrected chi connectivity index (χ0v) is 36.6. The molecule has 0 amide bonds. The lowest BCUT2D eigenvalue weighted by Gasteiger charge is -2.46. The molecule has 2 aliphatic carbocycles. The molecule has 1 aromatic carbocycles. The minimum absolute atomic E-state index is 0.00820. The molecule has 0 radical (unpaired) electrons. The van der Waals surface area contributed by atoms with E-state index in [1.54, 1.807) is 13.8 Å². The number of ether oxygens (including phenoxy) is 3. The number of carbonyl (C=O) groups is 1. The summed E-state index contributed by atoms with van der Waals surface area (Å²) in [4.78, 5) is 14.0. The van der Waals surface area contributed by atoms with Crippen LogP contribution >= 0.6 is 0 Å². The van der Waals surface area contributed by atoms with E-state index in [4.69, 9.17) is 23.1 Å². The van der Waals surface area contributed by atoms with Gasteiger partial charge in [0.1, 0.15) is 6.10 Å². The maximum Gasteiger partial charge on any atom is 0.416 e. The van der Waals surface area contributed by atoms with Gasteiger partial charge in [-0.05, 0) is 111 Å². The first-order chi connectivity index (χ1) is 24.2. The van der Waals surface area contributed by atoms with Crippen molar-refractivity contribution < 1.29 is 41.0 Å². The summed E-state index contributed by atoms with van der Waals surface area (Å²) in [5.41, 5.74) is -0.374. The molecule has 3 aliphatic rings. The largest absolute Gasteiger partial charge is 0.459 e. The molecule has 1 aromatic rings. The molecule has 0 aromatic heterocycles. The zero-order valence-electron chi connectivity index (χ0n) is 34.6. The lowest BCUT2D eigenvalue weighted by Crippen LogP contribution is -2.49. The number of hydrogen-bond acceptors (Lipinski definition) is 6. The van der Waals surface area contributed by atoms with Crippen LogP contribution in [0, 0.1) is 17.8 Å². The average molecular weight is 781 g/mol. The van der Waals surface area contributed by atoms with E-state index >= 15 is 0 Å². The second-order valence-corrected chi connectivity index (χ2v) is 28.8. The van der Waals surface area contributed by atoms with Gasteiger partial charge in [-0.2, -0.15) is 13.2 Å². The third kappa shape index (κ3) is 11.2. The van der Waals surface area contributed by atoms with Crippen molar-refractivity contribution >= 4 is 22.6 Å². The van der Waals surface area contributed by atoms with Crippen molar-refractivity contribution in [2.24, 2.45) is 17.8 Å². The molecule has 1 saturated heterocycles. The number of hydrogen-bond donors (Lipinski definition) is 0. The van der Waals surface area contributed by atoms with Crippen LogP contribution in [0.3, 0.4) is 0 Å². The second-order valence-electron chi connectivity index (χ2n) is 19.3. The molecule has 0 unspecified atom stereocenters. The smallest absolute Gasteiger partial charge is 0.416 e. The van der Waals surface area contributed by atoms with Crippen molar-refractivity contribution in [3.63, 3.8) is 0 Å². The van der Waals surface area contributed by atoms with Crippen LogP contribution in [-0.2, 0) is 40.6 Å². The molecular formula is C42H67F3O6Si2. The van der Waals surface area contributed by atoms with Crippen LogP contribution < -0.4 is 0 Å². The van der Waals surface area contributed by atoms with Crippen molar-refractivity contribution in [2.75, 3.05) is 6.61 Å². The molecule has 300 valence electrons. The van der Waals surface area contributed by atoms with E-state index in [1.807, 2.05) is 0 Å². The molecule has 1 heterocycles. The van der Waals surface area contributed by atoms with Gasteiger partial charge >= 0.3 is 12.1 Å². The number of benzene rings is 1. The van der Waals surface area contributed by atoms with Gasteiger partial charge in [0.2, 0.25) is 0 Å². The Hall–Kier alpha value is -1.77. The van der Waals surface area contributed by atoms with Crippen molar-refractivity contribution in [3.05, 3.63) is 59.2 Å². The molecule has 7 atom stereocenters. The first-order valence-corrected chi connectivity index (χ1v) is 25.4. The molecule has 1 aliphatic heterocycles. The number of allylic oxidation sites excluding steroid dienone is 2. The summed E-state index contributed by atoms with van der Waals surface area (Å²) < 4.78 is 71.9. The number of halogens is 3. The third-order valence-electron chi connectivity index (χ3n) is 12.6. The van der Waals surface area contributed by atoms with E-state index in [9.17, 15) is 18.0 Å². The SMILES string of the molecule is C[C@H]1C=CC2=C[C@@H](O[Si](C)(C)C(C)(C)C)C[C@H](OC(=O)C(C)(C)OCc3ccc(C(F)(F)F)cc3)[C@@H]2[C@H]1CC[C@@H]1C[C@H](O[Si](C)(C)C(C)(C)C)CCO1. The number of fused-ring (bicyclic) bond motifs is 1. The summed E-state index contributed by atoms with van der Waals surface area (Å²) in [5, 5.41) is 0.156. The van der Waals surface area contributed by atoms with Crippen molar-refractivity contribution in [3.8, 4) is 0 Å². The van der Waals surface area contributed by atoms with Gasteiger partial charge in [0, 0.05) is 25.0 Å². The summed E-state index contributed by atoms with van der Waals surface area (Å²) in [5.74, 6) is -0.0296. The van der Waals surface area contributed by atoms with Crippen LogP contribution in [0.15, 0.2) is 48.1 Å². The highest BCUT2D eigenvalue weighted by molar-refractivity contribution is 6.74. The Bertz CT molecular complexity index is 1450. The van der Waals surface area contributed by atoms with Gasteiger partial charge in [-0.25, -0.2) is 4.79 Å². The minimum atomic E-state index is -4.42. The van der Waals surface area contributed by atoms with Gasteiger partial charge < -0.3 is 23.1 Å². The topological polar surface area (TPSA) is 63.2 Å². The van der Waals surface area contributed by atoms with Gasteiger partial charge in [-0.3, -0.25) is 0 Å². The Kier molecular flexibility index (Phi) is 13.6. The fourth-order valence-corrected chi connectivity index (χ4v) is 9.80. The predicted molar refractivity (Wildman–Crippen MR) is 211 cm³/mol. The molecule has 4 rings (SSSR count). The van der Waals surface area contributed by atoms with E-state index in [-0.39, 0.29) is 52.7 Å². The summed E-state index contributed by atoms with van der Waals surface area (Å²) in [7, 11) is -4.06. The summed E-state index contributed by atoms with van der Waals surface area (Å²) in [6, 6.07) is 4.81. The zero-order chi connectivity index (χ0) is 39.8. The molecule has 0 saturated carbocycles. The Morgan fingerprint density at radius 2 is 1.47 bits per heavy atom. The van der Waals surface area contributed by atoms with Crippen LogP contribution in [0.25, 0.3) is 0 Å². The second kappa shape index (κ2) is 16.4. The Morgan fingerprint density at radius 1 is 0.868 bits per heavy atom. The van der Waals surface area contributed by atoms with Gasteiger partial charge in [0.25, 0.3) is 0 Å². The fourth-order valence-electron chi connectivity index (χ4n) is 7.12. The third-order valence-corrected chi connectivity index (χ3v) is 21.7. The quantitative estimate of drug-likeness (QED) is 0.155. The van der Waals surface area contributed by atoms with Crippen LogP contribution in [0.5, 0.6) is 0 Å². The highest BCUT2D eigenvalue weighted by Crippen LogP contribution is 2.47. The van der Waals surface area contributed by atoms with Crippen LogP contribution in [0.4, 0.5) is 13.2 Å². The van der Waals surface area contributed by atoms with Crippen molar-refractivity contribution in [1.29, 1.82) is 0 Å². The Labute approximate surface area is 319 Å². The van der Waals surface area contributed by atoms with Gasteiger partial charge in [-0.15, -0.1) is 0 Å². The first kappa shape index (κ1) is 44.0. The molecule has 53 heavy (non-hydrogen) atoms. The average Bonchev–Trinajstić information content (AvgIpc) is 3.02. The molecule has 0 N–H and O–H groups in total. The fraction of sp³-hybridized carbons (Fsp3) is 0.738. The summed E-state index contributed by atoms with van der Waals surface area (Å²) in [6.45, 7) is 28.9. The van der Waals surface area contributed by atoms with Gasteiger partial charge in [0.05, 0.1) is 24.4 Å². The van der Waals surface area contributed by atoms with E-state index in [0.29, 0.717) is 18.6 Å². The predicted octanol–water partition coefficient (Wildman–Crippen LogP) is 11.4. The van der Waals surface area contributed by atoms with Crippen LogP contribution in [0.1, 0.15) is 106 Å². The maximum absolute atomic E-state index is 14.0. The monoisotopic (exact) mass is 780 g/mol. The molecular weight excluding hydrogens is 714 g/mol. The van der Waals surface area contributed by atoms with Crippen LogP contribution in [-0.4, -0.2) is 59.2 Å². The number of esters is 1. The Balaban J connectivity index is 1.53. The molecule has 0 bridgehead atoms. The van der Waals surface area contributed by atoms with E-state index < -0.39 is 46.0 Å². The number of rotatable bonds is 12. The summed E-state index contributed by atoms with van der Waals surface area (Å²) >= 11 is 0. The Morgan fingerprint density at radius 3 is 2.06 bits per heavy atom. The van der Waals surface area contributed by atoms with Crippen molar-refractivity contribution in [2.45, 2.75) is 173 Å². The van der Waals surface area contributed by atoms with E-state index in [2.05, 4.69) is 92.9 Å². The number of alkyl halides is 3. The molecule has 11 heteroatoms. The van der Waals surface area contributed by atoms with E-state index in [1.165, 1.54) is 12.1 Å². The minimum Gasteiger partial charge on any atom is -0.459 e. The maximum atomic E-state index is 14.0. The highest BCUT2D eigenvalue weighted by atomic mass is 28.4. The van der Waals surface area contributed by atoms with Gasteiger partial charge in [0.15, 0.2) is 22.2 Å².